The van der Waals surface area contributed by atoms with Crippen molar-refractivity contribution in [2.24, 2.45) is 5.92 Å². The van der Waals surface area contributed by atoms with Gasteiger partial charge in [-0.15, -0.1) is 0 Å². The molecule has 0 aromatic carbocycles. The van der Waals surface area contributed by atoms with Gasteiger partial charge in [-0.05, 0) is 19.8 Å². The monoisotopic (exact) mass is 270 g/mol. The third-order valence-corrected chi connectivity index (χ3v) is 3.24. The Labute approximate surface area is 115 Å². The maximum atomic E-state index is 6.20. The van der Waals surface area contributed by atoms with Crippen molar-refractivity contribution in [1.82, 2.24) is 9.97 Å². The molecular formula is C13H23ClN4. The largest absolute Gasteiger partial charge is 0.355 e. The molecule has 5 heteroatoms. The average molecular weight is 271 g/mol. The number of nitrogens with one attached hydrogen (secondary N) is 1. The van der Waals surface area contributed by atoms with Crippen LogP contribution in [0, 0.1) is 5.92 Å². The smallest absolute Gasteiger partial charge is 0.224 e. The van der Waals surface area contributed by atoms with Gasteiger partial charge in [0.2, 0.25) is 5.95 Å². The van der Waals surface area contributed by atoms with Crippen LogP contribution in [0.3, 0.4) is 0 Å². The highest BCUT2D eigenvalue weighted by Gasteiger charge is 2.14. The summed E-state index contributed by atoms with van der Waals surface area (Å²) < 4.78 is 0. The van der Waals surface area contributed by atoms with E-state index in [9.17, 15) is 0 Å². The highest BCUT2D eigenvalue weighted by Crippen LogP contribution is 2.24. The molecule has 1 unspecified atom stereocenters. The first-order valence-electron chi connectivity index (χ1n) is 6.63. The standard InChI is InChI=1S/C13H23ClN4/c1-5-10(4)9-18(7-3)12-11(14)8-16-13(17-12)15-6-2/h8,10H,5-7,9H2,1-4H3,(H,15,16,17). The van der Waals surface area contributed by atoms with E-state index in [0.717, 1.165) is 31.9 Å². The lowest BCUT2D eigenvalue weighted by molar-refractivity contribution is 0.545. The van der Waals surface area contributed by atoms with Crippen molar-refractivity contribution in [2.45, 2.75) is 34.1 Å². The van der Waals surface area contributed by atoms with Gasteiger partial charge in [0, 0.05) is 19.6 Å². The molecule has 0 saturated heterocycles. The van der Waals surface area contributed by atoms with Crippen molar-refractivity contribution >= 4 is 23.4 Å². The summed E-state index contributed by atoms with van der Waals surface area (Å²) in [5, 5.41) is 3.73. The molecule has 1 heterocycles. The quantitative estimate of drug-likeness (QED) is 0.824. The summed E-state index contributed by atoms with van der Waals surface area (Å²) in [4.78, 5) is 10.9. The van der Waals surface area contributed by atoms with Gasteiger partial charge in [0.25, 0.3) is 0 Å². The highest BCUT2D eigenvalue weighted by atomic mass is 35.5. The van der Waals surface area contributed by atoms with E-state index in [4.69, 9.17) is 11.6 Å². The molecule has 0 aliphatic heterocycles. The molecule has 0 saturated carbocycles. The number of hydrogen-bond acceptors (Lipinski definition) is 4. The van der Waals surface area contributed by atoms with Crippen LogP contribution in [0.1, 0.15) is 34.1 Å². The fourth-order valence-electron chi connectivity index (χ4n) is 1.69. The van der Waals surface area contributed by atoms with Crippen molar-refractivity contribution in [2.75, 3.05) is 29.9 Å². The Morgan fingerprint density at radius 3 is 2.67 bits per heavy atom. The summed E-state index contributed by atoms with van der Waals surface area (Å²) in [6.45, 7) is 11.2. The van der Waals surface area contributed by atoms with Crippen molar-refractivity contribution in [3.63, 3.8) is 0 Å². The van der Waals surface area contributed by atoms with Crippen LogP contribution in [-0.2, 0) is 0 Å². The SMILES string of the molecule is CCNc1ncc(Cl)c(N(CC)CC(C)CC)n1. The number of rotatable bonds is 7. The van der Waals surface area contributed by atoms with Crippen molar-refractivity contribution in [1.29, 1.82) is 0 Å². The number of halogens is 1. The predicted molar refractivity (Wildman–Crippen MR) is 78.5 cm³/mol. The first kappa shape index (κ1) is 15.0. The van der Waals surface area contributed by atoms with Gasteiger partial charge in [-0.2, -0.15) is 4.98 Å². The number of hydrogen-bond donors (Lipinski definition) is 1. The van der Waals surface area contributed by atoms with E-state index in [2.05, 4.69) is 41.0 Å². The molecule has 0 radical (unpaired) electrons. The Morgan fingerprint density at radius 1 is 1.39 bits per heavy atom. The molecule has 0 fully saturated rings. The lowest BCUT2D eigenvalue weighted by atomic mass is 10.1. The van der Waals surface area contributed by atoms with Crippen LogP contribution in [0.4, 0.5) is 11.8 Å². The predicted octanol–water partition coefficient (Wildman–Crippen LogP) is 3.43. The molecule has 4 nitrogen and oxygen atoms in total. The fraction of sp³-hybridized carbons (Fsp3) is 0.692. The molecule has 102 valence electrons. The van der Waals surface area contributed by atoms with Gasteiger partial charge in [-0.1, -0.05) is 31.9 Å². The summed E-state index contributed by atoms with van der Waals surface area (Å²) in [5.74, 6) is 2.09. The van der Waals surface area contributed by atoms with Crippen LogP contribution < -0.4 is 10.2 Å². The van der Waals surface area contributed by atoms with Crippen LogP contribution >= 0.6 is 11.6 Å². The molecule has 1 atom stereocenters. The first-order valence-corrected chi connectivity index (χ1v) is 7.01. The van der Waals surface area contributed by atoms with Crippen LogP contribution in [0.25, 0.3) is 0 Å². The van der Waals surface area contributed by atoms with Crippen LogP contribution in [0.2, 0.25) is 5.02 Å². The summed E-state index contributed by atoms with van der Waals surface area (Å²) in [6, 6.07) is 0. The minimum atomic E-state index is 0.613. The minimum absolute atomic E-state index is 0.613. The Bertz CT molecular complexity index is 370. The highest BCUT2D eigenvalue weighted by molar-refractivity contribution is 6.32. The Kier molecular flexibility index (Phi) is 6.19. The second kappa shape index (κ2) is 7.41. The minimum Gasteiger partial charge on any atom is -0.355 e. The van der Waals surface area contributed by atoms with E-state index in [0.29, 0.717) is 16.9 Å². The van der Waals surface area contributed by atoms with Gasteiger partial charge < -0.3 is 10.2 Å². The summed E-state index contributed by atoms with van der Waals surface area (Å²) in [7, 11) is 0. The average Bonchev–Trinajstić information content (AvgIpc) is 2.38. The van der Waals surface area contributed by atoms with Crippen molar-refractivity contribution < 1.29 is 0 Å². The second-order valence-corrected chi connectivity index (χ2v) is 4.85. The van der Waals surface area contributed by atoms with Crippen molar-refractivity contribution in [3.8, 4) is 0 Å². The first-order chi connectivity index (χ1) is 8.62. The van der Waals surface area contributed by atoms with Gasteiger partial charge in [-0.3, -0.25) is 0 Å². The van der Waals surface area contributed by atoms with E-state index in [1.54, 1.807) is 6.20 Å². The lowest BCUT2D eigenvalue weighted by Gasteiger charge is -2.26. The van der Waals surface area contributed by atoms with Gasteiger partial charge in [0.15, 0.2) is 5.82 Å². The Balaban J connectivity index is 2.92. The molecule has 1 N–H and O–H groups in total. The molecule has 0 aliphatic carbocycles. The number of anilines is 2. The zero-order chi connectivity index (χ0) is 13.5. The van der Waals surface area contributed by atoms with Crippen molar-refractivity contribution in [3.05, 3.63) is 11.2 Å². The van der Waals surface area contributed by atoms with Crippen LogP contribution in [0.15, 0.2) is 6.20 Å². The van der Waals surface area contributed by atoms with Gasteiger partial charge in [0.1, 0.15) is 5.02 Å². The molecule has 18 heavy (non-hydrogen) atoms. The molecule has 1 rings (SSSR count). The maximum Gasteiger partial charge on any atom is 0.224 e. The Morgan fingerprint density at radius 2 is 2.11 bits per heavy atom. The second-order valence-electron chi connectivity index (χ2n) is 4.45. The summed E-state index contributed by atoms with van der Waals surface area (Å²) in [5.41, 5.74) is 0. The zero-order valence-corrected chi connectivity index (χ0v) is 12.5. The molecule has 0 spiro atoms. The van der Waals surface area contributed by atoms with Gasteiger partial charge in [-0.25, -0.2) is 4.98 Å². The molecular weight excluding hydrogens is 248 g/mol. The lowest BCUT2D eigenvalue weighted by Crippen LogP contribution is -2.29. The topological polar surface area (TPSA) is 41.1 Å². The molecule has 1 aromatic heterocycles. The van der Waals surface area contributed by atoms with E-state index in [-0.39, 0.29) is 0 Å². The maximum absolute atomic E-state index is 6.20. The van der Waals surface area contributed by atoms with Crippen LogP contribution in [0.5, 0.6) is 0 Å². The zero-order valence-electron chi connectivity index (χ0n) is 11.7. The molecule has 0 amide bonds. The van der Waals surface area contributed by atoms with Gasteiger partial charge in [0.05, 0.1) is 6.20 Å². The van der Waals surface area contributed by atoms with E-state index < -0.39 is 0 Å². The summed E-state index contributed by atoms with van der Waals surface area (Å²) in [6.07, 6.45) is 2.82. The Hall–Kier alpha value is -1.03. The van der Waals surface area contributed by atoms with E-state index in [1.165, 1.54) is 0 Å². The normalized spacial score (nSPS) is 12.3. The number of aromatic nitrogens is 2. The number of nitrogens with zero attached hydrogens (tertiary/aromatic N) is 3. The van der Waals surface area contributed by atoms with E-state index >= 15 is 0 Å². The summed E-state index contributed by atoms with van der Waals surface area (Å²) >= 11 is 6.20. The molecule has 0 bridgehead atoms. The van der Waals surface area contributed by atoms with E-state index in [1.807, 2.05) is 6.92 Å². The third-order valence-electron chi connectivity index (χ3n) is 2.97. The molecule has 1 aromatic rings. The fourth-order valence-corrected chi connectivity index (χ4v) is 1.90. The molecule has 0 aliphatic rings. The van der Waals surface area contributed by atoms with Gasteiger partial charge >= 0.3 is 0 Å². The third kappa shape index (κ3) is 4.02. The van der Waals surface area contributed by atoms with Crippen LogP contribution in [-0.4, -0.2) is 29.6 Å².